The molecule has 1 fully saturated rings. The quantitative estimate of drug-likeness (QED) is 0.671. The highest BCUT2D eigenvalue weighted by Gasteiger charge is 2.36. The maximum Gasteiger partial charge on any atom is 0.235 e. The van der Waals surface area contributed by atoms with Crippen molar-refractivity contribution >= 4 is 11.8 Å². The molecule has 6 heteroatoms. The zero-order valence-corrected chi connectivity index (χ0v) is 10.2. The van der Waals surface area contributed by atoms with Gasteiger partial charge in [0, 0.05) is 18.7 Å². The van der Waals surface area contributed by atoms with Crippen LogP contribution in [0.2, 0.25) is 0 Å². The lowest BCUT2D eigenvalue weighted by Crippen LogP contribution is -2.51. The van der Waals surface area contributed by atoms with Crippen LogP contribution in [0.4, 0.5) is 4.39 Å². The van der Waals surface area contributed by atoms with Crippen LogP contribution < -0.4 is 10.6 Å². The van der Waals surface area contributed by atoms with Crippen LogP contribution in [-0.2, 0) is 16.1 Å². The Morgan fingerprint density at radius 3 is 2.89 bits per heavy atom. The van der Waals surface area contributed by atoms with Gasteiger partial charge in [0.05, 0.1) is 6.10 Å². The first kappa shape index (κ1) is 13.5. The summed E-state index contributed by atoms with van der Waals surface area (Å²) in [4.78, 5) is 23.4. The summed E-state index contributed by atoms with van der Waals surface area (Å²) < 4.78 is 13.4. The van der Waals surface area contributed by atoms with Crippen molar-refractivity contribution in [1.82, 2.24) is 10.6 Å². The molecule has 0 aromatic heterocycles. The highest BCUT2D eigenvalue weighted by Crippen LogP contribution is 2.13. The molecule has 1 heterocycles. The van der Waals surface area contributed by atoms with Crippen LogP contribution in [0.3, 0.4) is 0 Å². The number of aliphatic hydroxyl groups excluding tert-OH is 1. The van der Waals surface area contributed by atoms with Gasteiger partial charge < -0.3 is 15.7 Å². The smallest absolute Gasteiger partial charge is 0.235 e. The largest absolute Gasteiger partial charge is 0.392 e. The third-order valence-electron chi connectivity index (χ3n) is 3.10. The summed E-state index contributed by atoms with van der Waals surface area (Å²) in [5.41, 5.74) is 0.335. The minimum atomic E-state index is -1.12. The number of benzene rings is 1. The van der Waals surface area contributed by atoms with Crippen LogP contribution in [0.15, 0.2) is 24.3 Å². The Kier molecular flexibility index (Phi) is 4.11. The lowest BCUT2D eigenvalue weighted by Gasteiger charge is -2.26. The molecule has 1 aromatic carbocycles. The highest BCUT2D eigenvalue weighted by molar-refractivity contribution is 6.01. The number of aliphatic hydroxyl groups is 1. The number of hydrogen-bond acceptors (Lipinski definition) is 3. The maximum atomic E-state index is 13.4. The number of rotatable bonds is 3. The molecule has 19 heavy (non-hydrogen) atoms. The second-order valence-corrected chi connectivity index (χ2v) is 4.43. The van der Waals surface area contributed by atoms with E-state index in [1.54, 1.807) is 18.2 Å². The maximum absolute atomic E-state index is 13.4. The lowest BCUT2D eigenvalue weighted by atomic mass is 9.94. The van der Waals surface area contributed by atoms with Crippen LogP contribution in [0.1, 0.15) is 12.0 Å². The number of nitrogens with one attached hydrogen (secondary N) is 2. The second kappa shape index (κ2) is 5.79. The third kappa shape index (κ3) is 3.08. The molecular weight excluding hydrogens is 251 g/mol. The Bertz CT molecular complexity index is 493. The van der Waals surface area contributed by atoms with Gasteiger partial charge in [0.25, 0.3) is 0 Å². The van der Waals surface area contributed by atoms with Crippen molar-refractivity contribution in [3.05, 3.63) is 35.6 Å². The van der Waals surface area contributed by atoms with E-state index in [9.17, 15) is 19.1 Å². The Morgan fingerprint density at radius 2 is 2.21 bits per heavy atom. The summed E-state index contributed by atoms with van der Waals surface area (Å²) in [7, 11) is 0. The highest BCUT2D eigenvalue weighted by atomic mass is 19.1. The molecule has 1 aromatic rings. The van der Waals surface area contributed by atoms with Gasteiger partial charge in [-0.15, -0.1) is 0 Å². The number of halogens is 1. The lowest BCUT2D eigenvalue weighted by molar-refractivity contribution is -0.142. The second-order valence-electron chi connectivity index (χ2n) is 4.43. The molecule has 1 saturated heterocycles. The minimum absolute atomic E-state index is 0.0119. The molecule has 2 rings (SSSR count). The van der Waals surface area contributed by atoms with Crippen molar-refractivity contribution in [3.63, 3.8) is 0 Å². The van der Waals surface area contributed by atoms with Crippen LogP contribution >= 0.6 is 0 Å². The summed E-state index contributed by atoms with van der Waals surface area (Å²) in [5.74, 6) is -2.63. The van der Waals surface area contributed by atoms with Crippen LogP contribution in [0.25, 0.3) is 0 Å². The molecule has 1 aliphatic heterocycles. The summed E-state index contributed by atoms with van der Waals surface area (Å²) in [6, 6.07) is 6.06. The topological polar surface area (TPSA) is 78.4 Å². The van der Waals surface area contributed by atoms with Gasteiger partial charge in [0.2, 0.25) is 11.8 Å². The minimum Gasteiger partial charge on any atom is -0.392 e. The van der Waals surface area contributed by atoms with Gasteiger partial charge in [-0.3, -0.25) is 9.59 Å². The van der Waals surface area contributed by atoms with E-state index in [-0.39, 0.29) is 6.54 Å². The molecule has 3 N–H and O–H groups in total. The zero-order chi connectivity index (χ0) is 13.8. The molecule has 0 spiro atoms. The number of hydrogen-bond donors (Lipinski definition) is 3. The van der Waals surface area contributed by atoms with E-state index in [1.165, 1.54) is 6.07 Å². The molecule has 0 aliphatic carbocycles. The predicted octanol–water partition coefficient (Wildman–Crippen LogP) is -0.0611. The Balaban J connectivity index is 1.97. The molecule has 5 nitrogen and oxygen atoms in total. The van der Waals surface area contributed by atoms with Gasteiger partial charge >= 0.3 is 0 Å². The van der Waals surface area contributed by atoms with E-state index in [1.807, 2.05) is 0 Å². The molecular formula is C13H15FN2O3. The molecule has 0 bridgehead atoms. The average molecular weight is 266 g/mol. The Labute approximate surface area is 109 Å². The van der Waals surface area contributed by atoms with Crippen molar-refractivity contribution in [1.29, 1.82) is 0 Å². The fourth-order valence-corrected chi connectivity index (χ4v) is 2.02. The van der Waals surface area contributed by atoms with E-state index in [0.717, 1.165) is 0 Å². The van der Waals surface area contributed by atoms with E-state index in [4.69, 9.17) is 0 Å². The van der Waals surface area contributed by atoms with Crippen molar-refractivity contribution in [2.24, 2.45) is 5.92 Å². The summed E-state index contributed by atoms with van der Waals surface area (Å²) in [6.07, 6.45) is -0.654. The molecule has 2 unspecified atom stereocenters. The molecule has 0 saturated carbocycles. The van der Waals surface area contributed by atoms with Crippen LogP contribution in [0, 0.1) is 11.7 Å². The van der Waals surface area contributed by atoms with E-state index >= 15 is 0 Å². The SMILES string of the molecule is O=C1NCCC(O)C1C(=O)NCc1ccccc1F. The monoisotopic (exact) mass is 266 g/mol. The number of carbonyl (C=O) groups is 2. The molecule has 2 amide bonds. The fourth-order valence-electron chi connectivity index (χ4n) is 2.02. The fraction of sp³-hybridized carbons (Fsp3) is 0.385. The Hall–Kier alpha value is -1.95. The first-order valence-corrected chi connectivity index (χ1v) is 6.06. The van der Waals surface area contributed by atoms with Gasteiger partial charge in [-0.25, -0.2) is 4.39 Å². The standard InChI is InChI=1S/C13H15FN2O3/c14-9-4-2-1-3-8(9)7-16-13(19)11-10(17)5-6-15-12(11)18/h1-4,10-11,17H,5-7H2,(H,15,18)(H,16,19). The molecule has 102 valence electrons. The van der Waals surface area contributed by atoms with E-state index < -0.39 is 29.7 Å². The number of piperidine rings is 1. The molecule has 1 aliphatic rings. The molecule has 2 atom stereocenters. The average Bonchev–Trinajstić information content (AvgIpc) is 2.37. The third-order valence-corrected chi connectivity index (χ3v) is 3.10. The number of carbonyl (C=O) groups excluding carboxylic acids is 2. The molecule has 0 radical (unpaired) electrons. The van der Waals surface area contributed by atoms with Gasteiger partial charge in [-0.1, -0.05) is 18.2 Å². The van der Waals surface area contributed by atoms with E-state index in [0.29, 0.717) is 18.5 Å². The van der Waals surface area contributed by atoms with Gasteiger partial charge in [-0.2, -0.15) is 0 Å². The first-order chi connectivity index (χ1) is 9.09. The summed E-state index contributed by atoms with van der Waals surface area (Å²) in [5, 5.41) is 14.7. The number of amides is 2. The summed E-state index contributed by atoms with van der Waals surface area (Å²) >= 11 is 0. The Morgan fingerprint density at radius 1 is 1.47 bits per heavy atom. The van der Waals surface area contributed by atoms with Crippen molar-refractivity contribution in [2.45, 2.75) is 19.1 Å². The van der Waals surface area contributed by atoms with Crippen molar-refractivity contribution in [3.8, 4) is 0 Å². The van der Waals surface area contributed by atoms with Gasteiger partial charge in [-0.05, 0) is 12.5 Å². The van der Waals surface area contributed by atoms with E-state index in [2.05, 4.69) is 10.6 Å². The zero-order valence-electron chi connectivity index (χ0n) is 10.2. The van der Waals surface area contributed by atoms with Crippen LogP contribution in [0.5, 0.6) is 0 Å². The van der Waals surface area contributed by atoms with Crippen LogP contribution in [-0.4, -0.2) is 29.6 Å². The predicted molar refractivity (Wildman–Crippen MR) is 65.4 cm³/mol. The van der Waals surface area contributed by atoms with Crippen molar-refractivity contribution < 1.29 is 19.1 Å². The normalized spacial score (nSPS) is 22.7. The summed E-state index contributed by atoms with van der Waals surface area (Å²) in [6.45, 7) is 0.346. The first-order valence-electron chi connectivity index (χ1n) is 6.06. The van der Waals surface area contributed by atoms with Gasteiger partial charge in [0.15, 0.2) is 0 Å². The van der Waals surface area contributed by atoms with Crippen molar-refractivity contribution in [2.75, 3.05) is 6.54 Å². The van der Waals surface area contributed by atoms with Gasteiger partial charge in [0.1, 0.15) is 11.7 Å².